The fourth-order valence-corrected chi connectivity index (χ4v) is 1.69. The van der Waals surface area contributed by atoms with E-state index in [0.29, 0.717) is 5.92 Å². The molecule has 0 spiro atoms. The summed E-state index contributed by atoms with van der Waals surface area (Å²) in [6.07, 6.45) is 2.22. The zero-order valence-electron chi connectivity index (χ0n) is 4.41. The van der Waals surface area contributed by atoms with Gasteiger partial charge in [-0.15, -0.1) is 0 Å². The molecular weight excluding hydrogens is 314 g/mol. The molecule has 0 saturated heterocycles. The van der Waals surface area contributed by atoms with Gasteiger partial charge in [0.15, 0.2) is 0 Å². The predicted octanol–water partition coefficient (Wildman–Crippen LogP) is 3.35. The summed E-state index contributed by atoms with van der Waals surface area (Å²) in [5.41, 5.74) is 0. The monoisotopic (exact) mass is 322 g/mol. The van der Waals surface area contributed by atoms with Crippen molar-refractivity contribution in [2.24, 2.45) is 5.92 Å². The van der Waals surface area contributed by atoms with Gasteiger partial charge in [0.25, 0.3) is 0 Å². The first-order chi connectivity index (χ1) is 3.13. The van der Waals surface area contributed by atoms with Gasteiger partial charge in [0.1, 0.15) is 0 Å². The van der Waals surface area contributed by atoms with Gasteiger partial charge in [0.2, 0.25) is 0 Å². The lowest BCUT2D eigenvalue weighted by Crippen LogP contribution is -1.74. The fraction of sp³-hybridized carbons (Fsp3) is 0.600. The second-order valence-electron chi connectivity index (χ2n) is 1.70. The first-order valence-corrected chi connectivity index (χ1v) is 4.31. The lowest BCUT2D eigenvalue weighted by atomic mass is 10.2. The number of allylic oxidation sites excluding steroid dienone is 1. The predicted molar refractivity (Wildman–Crippen MR) is 51.0 cm³/mol. The molecule has 0 bridgehead atoms. The largest absolute Gasteiger partial charge is 0.0624 e. The van der Waals surface area contributed by atoms with Gasteiger partial charge in [-0.1, -0.05) is 19.9 Å². The maximum absolute atomic E-state index is 2.31. The van der Waals surface area contributed by atoms with Crippen LogP contribution in [-0.2, 0) is 0 Å². The third-order valence-corrected chi connectivity index (χ3v) is 1.18. The van der Waals surface area contributed by atoms with Crippen LogP contribution in [0.5, 0.6) is 0 Å². The Balaban J connectivity index is 3.45. The van der Waals surface area contributed by atoms with E-state index in [1.54, 1.807) is 0 Å². The molecule has 0 fully saturated rings. The van der Waals surface area contributed by atoms with E-state index in [4.69, 9.17) is 0 Å². The fourth-order valence-electron chi connectivity index (χ4n) is 0.252. The van der Waals surface area contributed by atoms with Gasteiger partial charge in [-0.05, 0) is 51.1 Å². The summed E-state index contributed by atoms with van der Waals surface area (Å²) in [4.78, 5) is 0. The molecule has 0 amide bonds. The summed E-state index contributed by atoms with van der Waals surface area (Å²) < 4.78 is 1.35. The van der Waals surface area contributed by atoms with Gasteiger partial charge in [-0.3, -0.25) is 0 Å². The van der Waals surface area contributed by atoms with Crippen LogP contribution >= 0.6 is 45.2 Å². The molecule has 0 aliphatic rings. The highest BCUT2D eigenvalue weighted by molar-refractivity contribution is 14.2. The van der Waals surface area contributed by atoms with Crippen LogP contribution in [0.3, 0.4) is 0 Å². The third kappa shape index (κ3) is 7.20. The summed E-state index contributed by atoms with van der Waals surface area (Å²) in [7, 11) is 0. The summed E-state index contributed by atoms with van der Waals surface area (Å²) in [6.45, 7) is 4.36. The Morgan fingerprint density at radius 1 is 1.43 bits per heavy atom. The van der Waals surface area contributed by atoms with E-state index in [-0.39, 0.29) is 0 Å². The average molecular weight is 322 g/mol. The molecule has 0 aromatic rings. The molecule has 42 valence electrons. The molecule has 0 nitrogen and oxygen atoms in total. The van der Waals surface area contributed by atoms with Crippen LogP contribution in [-0.4, -0.2) is 0 Å². The highest BCUT2D eigenvalue weighted by Crippen LogP contribution is 2.16. The van der Waals surface area contributed by atoms with Crippen molar-refractivity contribution in [1.29, 1.82) is 0 Å². The van der Waals surface area contributed by atoms with Crippen LogP contribution in [0.15, 0.2) is 7.66 Å². The molecular formula is C5H8I2. The minimum Gasteiger partial charge on any atom is -0.0624 e. The summed E-state index contributed by atoms with van der Waals surface area (Å²) in [6, 6.07) is 0. The standard InChI is InChI=1S/C5H8I2/c1-4(2)3-5(6)7/h3-4H,1-2H3. The van der Waals surface area contributed by atoms with Gasteiger partial charge in [-0.2, -0.15) is 0 Å². The van der Waals surface area contributed by atoms with E-state index in [2.05, 4.69) is 65.1 Å². The quantitative estimate of drug-likeness (QED) is 0.650. The Hall–Kier alpha value is 1.20. The van der Waals surface area contributed by atoms with Crippen molar-refractivity contribution in [2.75, 3.05) is 0 Å². The Labute approximate surface area is 72.0 Å². The summed E-state index contributed by atoms with van der Waals surface area (Å²) in [5, 5.41) is 0. The molecule has 0 rings (SSSR count). The molecule has 0 radical (unpaired) electrons. The van der Waals surface area contributed by atoms with E-state index in [1.165, 1.54) is 1.59 Å². The molecule has 0 N–H and O–H groups in total. The van der Waals surface area contributed by atoms with Crippen molar-refractivity contribution in [3.63, 3.8) is 0 Å². The van der Waals surface area contributed by atoms with E-state index >= 15 is 0 Å². The van der Waals surface area contributed by atoms with E-state index in [1.807, 2.05) is 0 Å². The van der Waals surface area contributed by atoms with Gasteiger partial charge in [-0.25, -0.2) is 0 Å². The van der Waals surface area contributed by atoms with Gasteiger partial charge < -0.3 is 0 Å². The summed E-state index contributed by atoms with van der Waals surface area (Å²) >= 11 is 4.61. The lowest BCUT2D eigenvalue weighted by Gasteiger charge is -1.90. The molecule has 0 atom stereocenters. The maximum atomic E-state index is 2.31. The van der Waals surface area contributed by atoms with Gasteiger partial charge >= 0.3 is 0 Å². The minimum atomic E-state index is 0.698. The number of hydrogen-bond donors (Lipinski definition) is 0. The summed E-state index contributed by atoms with van der Waals surface area (Å²) in [5.74, 6) is 0.698. The van der Waals surface area contributed by atoms with Crippen molar-refractivity contribution < 1.29 is 0 Å². The highest BCUT2D eigenvalue weighted by atomic mass is 127. The Bertz CT molecular complexity index is 70.1. The van der Waals surface area contributed by atoms with Gasteiger partial charge in [0, 0.05) is 1.59 Å². The Morgan fingerprint density at radius 2 is 1.86 bits per heavy atom. The van der Waals surface area contributed by atoms with Crippen LogP contribution in [0.4, 0.5) is 0 Å². The van der Waals surface area contributed by atoms with Crippen molar-refractivity contribution in [2.45, 2.75) is 13.8 Å². The minimum absolute atomic E-state index is 0.698. The second-order valence-corrected chi connectivity index (χ2v) is 6.09. The van der Waals surface area contributed by atoms with Gasteiger partial charge in [0.05, 0.1) is 0 Å². The van der Waals surface area contributed by atoms with Crippen molar-refractivity contribution in [1.82, 2.24) is 0 Å². The SMILES string of the molecule is CC(C)C=C(I)I. The highest BCUT2D eigenvalue weighted by Gasteiger charge is 1.85. The van der Waals surface area contributed by atoms with Crippen LogP contribution in [0, 0.1) is 5.92 Å². The van der Waals surface area contributed by atoms with E-state index in [0.717, 1.165) is 0 Å². The molecule has 0 aliphatic heterocycles. The zero-order valence-corrected chi connectivity index (χ0v) is 8.73. The topological polar surface area (TPSA) is 0 Å². The first-order valence-electron chi connectivity index (χ1n) is 2.15. The average Bonchev–Trinajstić information content (AvgIpc) is 1.27. The Morgan fingerprint density at radius 3 is 1.86 bits per heavy atom. The molecule has 0 aromatic heterocycles. The van der Waals surface area contributed by atoms with Crippen LogP contribution < -0.4 is 0 Å². The number of halogens is 2. The molecule has 2 heteroatoms. The van der Waals surface area contributed by atoms with E-state index in [9.17, 15) is 0 Å². The second kappa shape index (κ2) is 4.12. The number of rotatable bonds is 1. The molecule has 0 saturated carbocycles. The first kappa shape index (κ1) is 8.20. The molecule has 0 unspecified atom stereocenters. The van der Waals surface area contributed by atoms with Crippen molar-refractivity contribution >= 4 is 45.2 Å². The van der Waals surface area contributed by atoms with Crippen molar-refractivity contribution in [3.05, 3.63) is 7.66 Å². The third-order valence-electron chi connectivity index (χ3n) is 0.459. The smallest absolute Gasteiger partial charge is 0.0477 e. The maximum Gasteiger partial charge on any atom is 0.0477 e. The number of hydrogen-bond acceptors (Lipinski definition) is 0. The zero-order chi connectivity index (χ0) is 5.86. The van der Waals surface area contributed by atoms with E-state index < -0.39 is 0 Å². The lowest BCUT2D eigenvalue weighted by molar-refractivity contribution is 0.834. The molecule has 7 heavy (non-hydrogen) atoms. The van der Waals surface area contributed by atoms with Crippen LogP contribution in [0.2, 0.25) is 0 Å². The van der Waals surface area contributed by atoms with Crippen LogP contribution in [0.25, 0.3) is 0 Å². The molecule has 0 heterocycles. The molecule has 0 aromatic carbocycles. The normalized spacial score (nSPS) is 9.29. The van der Waals surface area contributed by atoms with Crippen LogP contribution in [0.1, 0.15) is 13.8 Å². The molecule has 0 aliphatic carbocycles. The van der Waals surface area contributed by atoms with Crippen molar-refractivity contribution in [3.8, 4) is 0 Å². The Kier molecular flexibility index (Phi) is 4.82.